The summed E-state index contributed by atoms with van der Waals surface area (Å²) < 4.78 is 31.5. The van der Waals surface area contributed by atoms with Gasteiger partial charge in [-0.2, -0.15) is 8.42 Å². The van der Waals surface area contributed by atoms with Crippen LogP contribution in [0.4, 0.5) is 0 Å². The van der Waals surface area contributed by atoms with Gasteiger partial charge in [-0.25, -0.2) is 0 Å². The maximum absolute atomic E-state index is 12.0. The van der Waals surface area contributed by atoms with Gasteiger partial charge in [0.15, 0.2) is 5.78 Å². The van der Waals surface area contributed by atoms with Gasteiger partial charge in [-0.3, -0.25) is 9.35 Å². The maximum Gasteiger partial charge on any atom is 0.275 e. The van der Waals surface area contributed by atoms with Gasteiger partial charge in [-0.1, -0.05) is 20.8 Å². The molecule has 2 bridgehead atoms. The Bertz CT molecular complexity index is 423. The summed E-state index contributed by atoms with van der Waals surface area (Å²) in [6.07, 6.45) is 1.44. The van der Waals surface area contributed by atoms with Crippen LogP contribution in [0, 0.1) is 16.7 Å². The van der Waals surface area contributed by atoms with Crippen LogP contribution in [-0.2, 0) is 14.9 Å². The smallest absolute Gasteiger partial charge is 0.275 e. The van der Waals surface area contributed by atoms with Crippen molar-refractivity contribution in [1.29, 1.82) is 0 Å². The number of fused-ring (bicyclic) bond motifs is 2. The highest BCUT2D eigenvalue weighted by Gasteiger charge is 2.69. The first-order valence-corrected chi connectivity index (χ1v) is 6.63. The Morgan fingerprint density at radius 3 is 2.13 bits per heavy atom. The Hall–Kier alpha value is -0.420. The van der Waals surface area contributed by atoms with E-state index in [2.05, 4.69) is 0 Å². The molecule has 0 spiro atoms. The van der Waals surface area contributed by atoms with Crippen molar-refractivity contribution >= 4 is 15.9 Å². The van der Waals surface area contributed by atoms with Gasteiger partial charge in [-0.05, 0) is 24.2 Å². The second-order valence-electron chi connectivity index (χ2n) is 5.50. The molecule has 0 heterocycles. The lowest BCUT2D eigenvalue weighted by molar-refractivity contribution is -0.128. The third-order valence-electron chi connectivity index (χ3n) is 4.79. The molecule has 0 aromatic carbocycles. The summed E-state index contributed by atoms with van der Waals surface area (Å²) in [5, 5.41) is -1.19. The molecule has 0 amide bonds. The average molecular weight is 232 g/mol. The highest BCUT2D eigenvalue weighted by Crippen LogP contribution is 2.64. The van der Waals surface area contributed by atoms with E-state index in [1.54, 1.807) is 0 Å². The zero-order valence-electron chi connectivity index (χ0n) is 9.15. The summed E-state index contributed by atoms with van der Waals surface area (Å²) >= 11 is 0. The van der Waals surface area contributed by atoms with Crippen LogP contribution < -0.4 is 0 Å². The molecule has 2 aliphatic rings. The summed E-state index contributed by atoms with van der Waals surface area (Å²) in [4.78, 5) is 12.0. The molecule has 2 aliphatic carbocycles. The predicted octanol–water partition coefficient (Wildman–Crippen LogP) is 1.27. The summed E-state index contributed by atoms with van der Waals surface area (Å²) in [6, 6.07) is 0. The van der Waals surface area contributed by atoms with Crippen molar-refractivity contribution < 1.29 is 17.8 Å². The van der Waals surface area contributed by atoms with Gasteiger partial charge in [0.25, 0.3) is 10.1 Å². The van der Waals surface area contributed by atoms with E-state index in [-0.39, 0.29) is 17.1 Å². The van der Waals surface area contributed by atoms with Gasteiger partial charge < -0.3 is 0 Å². The lowest BCUT2D eigenvalue weighted by atomic mass is 9.70. The first-order chi connectivity index (χ1) is 6.62. The zero-order valence-corrected chi connectivity index (χ0v) is 9.97. The summed E-state index contributed by atoms with van der Waals surface area (Å²) in [5.74, 6) is -0.531. The van der Waals surface area contributed by atoms with Gasteiger partial charge in [0.2, 0.25) is 0 Å². The van der Waals surface area contributed by atoms with E-state index in [9.17, 15) is 13.2 Å². The van der Waals surface area contributed by atoms with E-state index >= 15 is 0 Å². The van der Waals surface area contributed by atoms with Crippen LogP contribution in [0.1, 0.15) is 33.6 Å². The van der Waals surface area contributed by atoms with E-state index in [1.165, 1.54) is 0 Å². The fourth-order valence-corrected chi connectivity index (χ4v) is 4.77. The minimum absolute atomic E-state index is 0.231. The molecular weight excluding hydrogens is 216 g/mol. The van der Waals surface area contributed by atoms with E-state index in [4.69, 9.17) is 4.55 Å². The van der Waals surface area contributed by atoms with Crippen LogP contribution in [0.2, 0.25) is 0 Å². The number of carbonyl (C=O) groups is 1. The topological polar surface area (TPSA) is 71.4 Å². The van der Waals surface area contributed by atoms with Crippen molar-refractivity contribution in [2.75, 3.05) is 0 Å². The molecule has 0 aromatic rings. The van der Waals surface area contributed by atoms with E-state index < -0.39 is 20.8 Å². The Labute approximate surface area is 89.8 Å². The second kappa shape index (κ2) is 2.63. The van der Waals surface area contributed by atoms with Gasteiger partial charge in [-0.15, -0.1) is 0 Å². The predicted molar refractivity (Wildman–Crippen MR) is 55.0 cm³/mol. The molecule has 15 heavy (non-hydrogen) atoms. The fraction of sp³-hybridized carbons (Fsp3) is 0.900. The number of Topliss-reactive ketones (excluding diaryl/α,β-unsaturated/α-hetero) is 1. The van der Waals surface area contributed by atoms with Crippen LogP contribution in [0.3, 0.4) is 0 Å². The molecule has 0 saturated heterocycles. The van der Waals surface area contributed by atoms with Crippen LogP contribution >= 0.6 is 0 Å². The van der Waals surface area contributed by atoms with Crippen LogP contribution in [-0.4, -0.2) is 24.0 Å². The van der Waals surface area contributed by atoms with Gasteiger partial charge >= 0.3 is 0 Å². The monoisotopic (exact) mass is 232 g/mol. The minimum atomic E-state index is -4.24. The van der Waals surface area contributed by atoms with Crippen molar-refractivity contribution in [1.82, 2.24) is 0 Å². The van der Waals surface area contributed by atoms with Gasteiger partial charge in [0.1, 0.15) is 5.25 Å². The number of carbonyl (C=O) groups excluding carboxylic acids is 1. The van der Waals surface area contributed by atoms with Crippen molar-refractivity contribution in [2.24, 2.45) is 16.7 Å². The summed E-state index contributed by atoms with van der Waals surface area (Å²) in [5.41, 5.74) is -0.914. The average Bonchev–Trinajstić information content (AvgIpc) is 2.33. The molecule has 0 unspecified atom stereocenters. The normalized spacial score (nSPS) is 43.6. The Morgan fingerprint density at radius 2 is 1.87 bits per heavy atom. The Morgan fingerprint density at radius 1 is 1.33 bits per heavy atom. The van der Waals surface area contributed by atoms with Crippen LogP contribution in [0.25, 0.3) is 0 Å². The molecule has 1 N–H and O–H groups in total. The van der Waals surface area contributed by atoms with Crippen molar-refractivity contribution in [3.63, 3.8) is 0 Å². The Balaban J connectivity index is 2.57. The molecule has 0 aromatic heterocycles. The highest BCUT2D eigenvalue weighted by molar-refractivity contribution is 7.87. The molecule has 0 aliphatic heterocycles. The second-order valence-corrected chi connectivity index (χ2v) is 7.04. The van der Waals surface area contributed by atoms with Gasteiger partial charge in [0.05, 0.1) is 0 Å². The zero-order chi connectivity index (χ0) is 11.6. The number of ketones is 1. The Kier molecular flexibility index (Phi) is 1.94. The fourth-order valence-electron chi connectivity index (χ4n) is 3.35. The van der Waals surface area contributed by atoms with E-state index in [0.29, 0.717) is 6.42 Å². The van der Waals surface area contributed by atoms with Crippen molar-refractivity contribution in [3.05, 3.63) is 0 Å². The molecule has 2 fully saturated rings. The van der Waals surface area contributed by atoms with Crippen molar-refractivity contribution in [3.8, 4) is 0 Å². The standard InChI is InChI=1S/C10H16O4S/c1-9(2)6-4-5-10(9,3)8(11)7(6)15(12,13)14/h6-7H,4-5H2,1-3H3,(H,12,13,14)/t6-,7+,10-/m0/s1. The lowest BCUT2D eigenvalue weighted by Gasteiger charge is -2.32. The van der Waals surface area contributed by atoms with Crippen molar-refractivity contribution in [2.45, 2.75) is 38.9 Å². The summed E-state index contributed by atoms with van der Waals surface area (Å²) in [7, 11) is -4.24. The number of hydrogen-bond donors (Lipinski definition) is 1. The SMILES string of the molecule is CC1(C)[C@H]2CC[C@@]1(C)C(=O)[C@@H]2S(=O)(=O)O. The van der Waals surface area contributed by atoms with Gasteiger partial charge in [0, 0.05) is 5.41 Å². The first kappa shape index (κ1) is 11.1. The molecular formula is C10H16O4S. The summed E-state index contributed by atoms with van der Waals surface area (Å²) in [6.45, 7) is 5.67. The van der Waals surface area contributed by atoms with E-state index in [1.807, 2.05) is 20.8 Å². The molecule has 2 saturated carbocycles. The first-order valence-electron chi connectivity index (χ1n) is 5.13. The molecule has 4 nitrogen and oxygen atoms in total. The quantitative estimate of drug-likeness (QED) is 0.691. The largest absolute Gasteiger partial charge is 0.297 e. The third kappa shape index (κ3) is 1.11. The molecule has 5 heteroatoms. The van der Waals surface area contributed by atoms with E-state index in [0.717, 1.165) is 6.42 Å². The van der Waals surface area contributed by atoms with Crippen LogP contribution in [0.5, 0.6) is 0 Å². The maximum atomic E-state index is 12.0. The number of hydrogen-bond acceptors (Lipinski definition) is 3. The molecule has 86 valence electrons. The molecule has 3 atom stereocenters. The third-order valence-corrected chi connectivity index (χ3v) is 5.98. The molecule has 2 rings (SSSR count). The molecule has 0 radical (unpaired) electrons. The number of rotatable bonds is 1. The van der Waals surface area contributed by atoms with Crippen LogP contribution in [0.15, 0.2) is 0 Å². The highest BCUT2D eigenvalue weighted by atomic mass is 32.2. The lowest BCUT2D eigenvalue weighted by Crippen LogP contribution is -2.38. The minimum Gasteiger partial charge on any atom is -0.297 e.